The van der Waals surface area contributed by atoms with Gasteiger partial charge in [-0.05, 0) is 37.5 Å². The number of halogens is 2. The smallest absolute Gasteiger partial charge is 0.255 e. The van der Waals surface area contributed by atoms with Crippen molar-refractivity contribution in [1.82, 2.24) is 10.3 Å². The Morgan fingerprint density at radius 3 is 3.10 bits per heavy atom. The van der Waals surface area contributed by atoms with E-state index in [9.17, 15) is 13.6 Å². The molecule has 1 aromatic rings. The van der Waals surface area contributed by atoms with E-state index in [1.165, 1.54) is 0 Å². The SMILES string of the molecule is Cc1ccnc(N2CCCC(C(=O)NCC(F)F)C2)c1. The molecule has 1 atom stereocenters. The zero-order valence-electron chi connectivity index (χ0n) is 11.5. The second-order valence-electron chi connectivity index (χ2n) is 5.11. The Hall–Kier alpha value is -1.72. The lowest BCUT2D eigenvalue weighted by atomic mass is 9.97. The van der Waals surface area contributed by atoms with Crippen LogP contribution in [0.3, 0.4) is 0 Å². The molecule has 1 N–H and O–H groups in total. The monoisotopic (exact) mass is 283 g/mol. The van der Waals surface area contributed by atoms with Gasteiger partial charge in [0.25, 0.3) is 6.43 Å². The molecule has 0 aliphatic carbocycles. The molecule has 1 aliphatic rings. The molecule has 110 valence electrons. The second kappa shape index (κ2) is 6.63. The van der Waals surface area contributed by atoms with Gasteiger partial charge in [0.1, 0.15) is 5.82 Å². The van der Waals surface area contributed by atoms with Crippen molar-refractivity contribution in [3.63, 3.8) is 0 Å². The molecule has 2 rings (SSSR count). The highest BCUT2D eigenvalue weighted by atomic mass is 19.3. The highest BCUT2D eigenvalue weighted by Crippen LogP contribution is 2.22. The summed E-state index contributed by atoms with van der Waals surface area (Å²) in [6, 6.07) is 3.89. The minimum Gasteiger partial charge on any atom is -0.356 e. The second-order valence-corrected chi connectivity index (χ2v) is 5.11. The van der Waals surface area contributed by atoms with Crippen LogP contribution in [0.1, 0.15) is 18.4 Å². The summed E-state index contributed by atoms with van der Waals surface area (Å²) in [6.07, 6.45) is 0.836. The van der Waals surface area contributed by atoms with Crippen molar-refractivity contribution in [2.45, 2.75) is 26.2 Å². The zero-order valence-corrected chi connectivity index (χ0v) is 11.5. The van der Waals surface area contributed by atoms with E-state index in [0.29, 0.717) is 6.54 Å². The van der Waals surface area contributed by atoms with Crippen molar-refractivity contribution in [2.75, 3.05) is 24.5 Å². The summed E-state index contributed by atoms with van der Waals surface area (Å²) in [6.45, 7) is 2.79. The molecule has 1 unspecified atom stereocenters. The van der Waals surface area contributed by atoms with Crippen molar-refractivity contribution >= 4 is 11.7 Å². The van der Waals surface area contributed by atoms with E-state index < -0.39 is 13.0 Å². The molecule has 6 heteroatoms. The Balaban J connectivity index is 1.96. The van der Waals surface area contributed by atoms with Gasteiger partial charge in [0.05, 0.1) is 12.5 Å². The van der Waals surface area contributed by atoms with Crippen molar-refractivity contribution in [1.29, 1.82) is 0 Å². The number of pyridine rings is 1. The highest BCUT2D eigenvalue weighted by molar-refractivity contribution is 5.79. The van der Waals surface area contributed by atoms with Crippen molar-refractivity contribution in [3.05, 3.63) is 23.9 Å². The molecule has 0 radical (unpaired) electrons. The fourth-order valence-electron chi connectivity index (χ4n) is 2.41. The van der Waals surface area contributed by atoms with Crippen LogP contribution < -0.4 is 10.2 Å². The van der Waals surface area contributed by atoms with Gasteiger partial charge in [0.15, 0.2) is 0 Å². The number of amides is 1. The van der Waals surface area contributed by atoms with Gasteiger partial charge < -0.3 is 10.2 Å². The van der Waals surface area contributed by atoms with Crippen LogP contribution in [0.25, 0.3) is 0 Å². The van der Waals surface area contributed by atoms with Gasteiger partial charge in [-0.1, -0.05) is 0 Å². The van der Waals surface area contributed by atoms with Crippen LogP contribution in [0, 0.1) is 12.8 Å². The zero-order chi connectivity index (χ0) is 14.5. The van der Waals surface area contributed by atoms with Gasteiger partial charge in [-0.25, -0.2) is 13.8 Å². The number of aromatic nitrogens is 1. The summed E-state index contributed by atoms with van der Waals surface area (Å²) < 4.78 is 24.2. The first-order valence-corrected chi connectivity index (χ1v) is 6.79. The Kier molecular flexibility index (Phi) is 4.87. The van der Waals surface area contributed by atoms with Crippen LogP contribution in [0.2, 0.25) is 0 Å². The number of piperidine rings is 1. The predicted octanol–water partition coefficient (Wildman–Crippen LogP) is 1.99. The summed E-state index contributed by atoms with van der Waals surface area (Å²) in [5.74, 6) is 0.309. The quantitative estimate of drug-likeness (QED) is 0.919. The molecular formula is C14H19F2N3O. The molecule has 20 heavy (non-hydrogen) atoms. The maximum Gasteiger partial charge on any atom is 0.255 e. The Bertz CT molecular complexity index is 467. The Morgan fingerprint density at radius 2 is 2.40 bits per heavy atom. The maximum absolute atomic E-state index is 12.1. The molecule has 1 saturated heterocycles. The van der Waals surface area contributed by atoms with Crippen molar-refractivity contribution in [3.8, 4) is 0 Å². The Morgan fingerprint density at radius 1 is 1.60 bits per heavy atom. The number of anilines is 1. The molecule has 0 spiro atoms. The van der Waals surface area contributed by atoms with E-state index in [0.717, 1.165) is 30.8 Å². The van der Waals surface area contributed by atoms with Crippen molar-refractivity contribution in [2.24, 2.45) is 5.92 Å². The van der Waals surface area contributed by atoms with Crippen LogP contribution in [0.4, 0.5) is 14.6 Å². The first-order valence-electron chi connectivity index (χ1n) is 6.79. The number of alkyl halides is 2. The average Bonchev–Trinajstić information content (AvgIpc) is 2.45. The minimum atomic E-state index is -2.50. The number of carbonyl (C=O) groups excluding carboxylic acids is 1. The van der Waals surface area contributed by atoms with Gasteiger partial charge in [0.2, 0.25) is 5.91 Å². The maximum atomic E-state index is 12.1. The topological polar surface area (TPSA) is 45.2 Å². The summed E-state index contributed by atoms with van der Waals surface area (Å²) in [7, 11) is 0. The third kappa shape index (κ3) is 3.88. The fourth-order valence-corrected chi connectivity index (χ4v) is 2.41. The lowest BCUT2D eigenvalue weighted by molar-refractivity contribution is -0.125. The molecule has 0 aromatic carbocycles. The van der Waals surface area contributed by atoms with E-state index in [4.69, 9.17) is 0 Å². The molecule has 2 heterocycles. The molecule has 1 amide bonds. The molecule has 0 saturated carbocycles. The van der Waals surface area contributed by atoms with Crippen LogP contribution >= 0.6 is 0 Å². The van der Waals surface area contributed by atoms with E-state index >= 15 is 0 Å². The fraction of sp³-hybridized carbons (Fsp3) is 0.571. The third-order valence-electron chi connectivity index (χ3n) is 3.45. The lowest BCUT2D eigenvalue weighted by Crippen LogP contribution is -2.44. The number of nitrogens with one attached hydrogen (secondary N) is 1. The van der Waals surface area contributed by atoms with Gasteiger partial charge in [0, 0.05) is 19.3 Å². The summed E-state index contributed by atoms with van der Waals surface area (Å²) in [4.78, 5) is 18.2. The van der Waals surface area contributed by atoms with Gasteiger partial charge in [-0.3, -0.25) is 4.79 Å². The van der Waals surface area contributed by atoms with Crippen LogP contribution in [0.5, 0.6) is 0 Å². The third-order valence-corrected chi connectivity index (χ3v) is 3.45. The van der Waals surface area contributed by atoms with E-state index in [2.05, 4.69) is 10.3 Å². The van der Waals surface area contributed by atoms with E-state index in [1.807, 2.05) is 24.0 Å². The van der Waals surface area contributed by atoms with Gasteiger partial charge in [-0.2, -0.15) is 0 Å². The molecular weight excluding hydrogens is 264 g/mol. The number of aryl methyl sites for hydroxylation is 1. The first-order chi connectivity index (χ1) is 9.56. The summed E-state index contributed by atoms with van der Waals surface area (Å²) in [5.41, 5.74) is 1.11. The predicted molar refractivity (Wildman–Crippen MR) is 72.9 cm³/mol. The normalized spacial score (nSPS) is 19.2. The summed E-state index contributed by atoms with van der Waals surface area (Å²) in [5, 5.41) is 2.30. The number of hydrogen-bond donors (Lipinski definition) is 1. The summed E-state index contributed by atoms with van der Waals surface area (Å²) >= 11 is 0. The molecule has 1 aliphatic heterocycles. The van der Waals surface area contributed by atoms with E-state index in [-0.39, 0.29) is 11.8 Å². The average molecular weight is 283 g/mol. The lowest BCUT2D eigenvalue weighted by Gasteiger charge is -2.33. The molecule has 1 aromatic heterocycles. The van der Waals surface area contributed by atoms with Gasteiger partial charge in [-0.15, -0.1) is 0 Å². The standard InChI is InChI=1S/C14H19F2N3O/c1-10-4-5-17-13(7-10)19-6-2-3-11(9-19)14(20)18-8-12(15)16/h4-5,7,11-12H,2-3,6,8-9H2,1H3,(H,18,20). The van der Waals surface area contributed by atoms with Crippen molar-refractivity contribution < 1.29 is 13.6 Å². The molecule has 4 nitrogen and oxygen atoms in total. The number of hydrogen-bond acceptors (Lipinski definition) is 3. The first kappa shape index (κ1) is 14.7. The number of rotatable bonds is 4. The Labute approximate surface area is 117 Å². The molecule has 1 fully saturated rings. The number of nitrogens with zero attached hydrogens (tertiary/aromatic N) is 2. The highest BCUT2D eigenvalue weighted by Gasteiger charge is 2.26. The van der Waals surface area contributed by atoms with Gasteiger partial charge >= 0.3 is 0 Å². The van der Waals surface area contributed by atoms with Crippen LogP contribution in [0.15, 0.2) is 18.3 Å². The number of carbonyl (C=O) groups is 1. The van der Waals surface area contributed by atoms with Crippen LogP contribution in [-0.4, -0.2) is 37.0 Å². The van der Waals surface area contributed by atoms with E-state index in [1.54, 1.807) is 6.20 Å². The minimum absolute atomic E-state index is 0.246. The van der Waals surface area contributed by atoms with Crippen LogP contribution in [-0.2, 0) is 4.79 Å². The largest absolute Gasteiger partial charge is 0.356 e. The molecule has 0 bridgehead atoms.